The maximum atomic E-state index is 3.61. The Morgan fingerprint density at radius 1 is 1.31 bits per heavy atom. The molecule has 1 aliphatic rings. The first kappa shape index (κ1) is 9.22. The second-order valence-corrected chi connectivity index (χ2v) is 4.62. The Balaban J connectivity index is 2.29. The molecule has 0 bridgehead atoms. The Morgan fingerprint density at radius 3 is 2.69 bits per heavy atom. The molecule has 13 heavy (non-hydrogen) atoms. The van der Waals surface area contributed by atoms with Crippen LogP contribution in [-0.2, 0) is 0 Å². The first-order chi connectivity index (χ1) is 6.29. The second kappa shape index (κ2) is 3.81. The van der Waals surface area contributed by atoms with Crippen molar-refractivity contribution in [1.29, 1.82) is 0 Å². The standard InChI is InChI=1S/C11H14BrN/c1-8-6-13-7-10(8)9-4-2-3-5-11(9)12/h2-5,8,10,13H,6-7H2,1H3/t8-,10+/m1/s1. The van der Waals surface area contributed by atoms with Gasteiger partial charge in [-0.25, -0.2) is 0 Å². The quantitative estimate of drug-likeness (QED) is 0.795. The molecule has 2 rings (SSSR count). The van der Waals surface area contributed by atoms with Crippen molar-refractivity contribution in [3.63, 3.8) is 0 Å². The highest BCUT2D eigenvalue weighted by Crippen LogP contribution is 2.32. The van der Waals surface area contributed by atoms with Crippen molar-refractivity contribution >= 4 is 15.9 Å². The third-order valence-electron chi connectivity index (χ3n) is 2.82. The smallest absolute Gasteiger partial charge is 0.0210 e. The lowest BCUT2D eigenvalue weighted by atomic mass is 9.90. The van der Waals surface area contributed by atoms with Crippen LogP contribution in [0, 0.1) is 5.92 Å². The predicted molar refractivity (Wildman–Crippen MR) is 58.9 cm³/mol. The molecule has 1 N–H and O–H groups in total. The zero-order valence-electron chi connectivity index (χ0n) is 7.76. The van der Waals surface area contributed by atoms with E-state index in [4.69, 9.17) is 0 Å². The van der Waals surface area contributed by atoms with Crippen molar-refractivity contribution in [3.8, 4) is 0 Å². The van der Waals surface area contributed by atoms with E-state index in [1.54, 1.807) is 0 Å². The van der Waals surface area contributed by atoms with Crippen LogP contribution in [0.25, 0.3) is 0 Å². The van der Waals surface area contributed by atoms with Gasteiger partial charge in [-0.2, -0.15) is 0 Å². The Bertz CT molecular complexity index is 298. The summed E-state index contributed by atoms with van der Waals surface area (Å²) < 4.78 is 1.25. The molecule has 0 aliphatic carbocycles. The fourth-order valence-corrected chi connectivity index (χ4v) is 2.58. The Morgan fingerprint density at radius 2 is 2.08 bits per heavy atom. The van der Waals surface area contributed by atoms with E-state index in [1.165, 1.54) is 10.0 Å². The lowest BCUT2D eigenvalue weighted by molar-refractivity contribution is 0.570. The highest BCUT2D eigenvalue weighted by Gasteiger charge is 2.25. The molecule has 0 saturated carbocycles. The first-order valence-corrected chi connectivity index (χ1v) is 5.53. The summed E-state index contributed by atoms with van der Waals surface area (Å²) in [4.78, 5) is 0. The van der Waals surface area contributed by atoms with Gasteiger partial charge in [0.2, 0.25) is 0 Å². The summed E-state index contributed by atoms with van der Waals surface area (Å²) >= 11 is 3.61. The van der Waals surface area contributed by atoms with Gasteiger partial charge in [-0.15, -0.1) is 0 Å². The third kappa shape index (κ3) is 1.79. The van der Waals surface area contributed by atoms with Gasteiger partial charge in [0.1, 0.15) is 0 Å². The van der Waals surface area contributed by atoms with Crippen LogP contribution < -0.4 is 5.32 Å². The molecule has 1 heterocycles. The van der Waals surface area contributed by atoms with Crippen LogP contribution in [0.1, 0.15) is 18.4 Å². The topological polar surface area (TPSA) is 12.0 Å². The summed E-state index contributed by atoms with van der Waals surface area (Å²) in [6.07, 6.45) is 0. The van der Waals surface area contributed by atoms with E-state index < -0.39 is 0 Å². The van der Waals surface area contributed by atoms with Gasteiger partial charge >= 0.3 is 0 Å². The van der Waals surface area contributed by atoms with Gasteiger partial charge in [0.25, 0.3) is 0 Å². The maximum Gasteiger partial charge on any atom is 0.0210 e. The van der Waals surface area contributed by atoms with E-state index >= 15 is 0 Å². The molecule has 2 atom stereocenters. The van der Waals surface area contributed by atoms with Crippen LogP contribution >= 0.6 is 15.9 Å². The molecule has 0 aromatic heterocycles. The average molecular weight is 240 g/mol. The summed E-state index contributed by atoms with van der Waals surface area (Å²) in [5, 5.41) is 3.43. The lowest BCUT2D eigenvalue weighted by Gasteiger charge is -2.15. The van der Waals surface area contributed by atoms with Crippen LogP contribution in [0.4, 0.5) is 0 Å². The molecular formula is C11H14BrN. The van der Waals surface area contributed by atoms with Crippen LogP contribution in [0.2, 0.25) is 0 Å². The average Bonchev–Trinajstić information content (AvgIpc) is 2.52. The van der Waals surface area contributed by atoms with Gasteiger partial charge in [0.15, 0.2) is 0 Å². The molecule has 0 radical (unpaired) electrons. The predicted octanol–water partition coefficient (Wildman–Crippen LogP) is 2.77. The highest BCUT2D eigenvalue weighted by atomic mass is 79.9. The molecule has 0 spiro atoms. The van der Waals surface area contributed by atoms with Crippen molar-refractivity contribution in [2.75, 3.05) is 13.1 Å². The molecule has 1 aliphatic heterocycles. The van der Waals surface area contributed by atoms with Crippen molar-refractivity contribution < 1.29 is 0 Å². The summed E-state index contributed by atoms with van der Waals surface area (Å²) in [7, 11) is 0. The molecule has 2 heteroatoms. The minimum absolute atomic E-state index is 0.676. The van der Waals surface area contributed by atoms with Gasteiger partial charge < -0.3 is 5.32 Å². The number of hydrogen-bond donors (Lipinski definition) is 1. The Labute approximate surface area is 87.7 Å². The molecule has 1 saturated heterocycles. The van der Waals surface area contributed by atoms with Crippen LogP contribution in [-0.4, -0.2) is 13.1 Å². The Kier molecular flexibility index (Phi) is 2.70. The SMILES string of the molecule is C[C@@H]1CNC[C@@H]1c1ccccc1Br. The van der Waals surface area contributed by atoms with Gasteiger partial charge in [-0.1, -0.05) is 41.1 Å². The lowest BCUT2D eigenvalue weighted by Crippen LogP contribution is -2.08. The first-order valence-electron chi connectivity index (χ1n) is 4.74. The van der Waals surface area contributed by atoms with Crippen LogP contribution in [0.15, 0.2) is 28.7 Å². The van der Waals surface area contributed by atoms with Crippen LogP contribution in [0.3, 0.4) is 0 Å². The van der Waals surface area contributed by atoms with Gasteiger partial charge in [0, 0.05) is 16.9 Å². The van der Waals surface area contributed by atoms with Gasteiger partial charge in [0.05, 0.1) is 0 Å². The maximum absolute atomic E-state index is 3.61. The fraction of sp³-hybridized carbons (Fsp3) is 0.455. The molecule has 0 unspecified atom stereocenters. The second-order valence-electron chi connectivity index (χ2n) is 3.76. The number of halogens is 1. The van der Waals surface area contributed by atoms with E-state index in [9.17, 15) is 0 Å². The highest BCUT2D eigenvalue weighted by molar-refractivity contribution is 9.10. The van der Waals surface area contributed by atoms with Gasteiger partial charge in [-0.05, 0) is 24.1 Å². The zero-order valence-corrected chi connectivity index (χ0v) is 9.34. The van der Waals surface area contributed by atoms with E-state index in [2.05, 4.69) is 52.4 Å². The van der Waals surface area contributed by atoms with Gasteiger partial charge in [-0.3, -0.25) is 0 Å². The summed E-state index contributed by atoms with van der Waals surface area (Å²) in [6, 6.07) is 8.53. The molecule has 1 fully saturated rings. The van der Waals surface area contributed by atoms with E-state index in [0.717, 1.165) is 19.0 Å². The molecular weight excluding hydrogens is 226 g/mol. The Hall–Kier alpha value is -0.340. The zero-order chi connectivity index (χ0) is 9.26. The van der Waals surface area contributed by atoms with E-state index in [0.29, 0.717) is 5.92 Å². The number of benzene rings is 1. The number of hydrogen-bond acceptors (Lipinski definition) is 1. The molecule has 70 valence electrons. The minimum Gasteiger partial charge on any atom is -0.316 e. The third-order valence-corrected chi connectivity index (χ3v) is 3.54. The van der Waals surface area contributed by atoms with E-state index in [-0.39, 0.29) is 0 Å². The summed E-state index contributed by atoms with van der Waals surface area (Å²) in [6.45, 7) is 4.57. The van der Waals surface area contributed by atoms with Crippen molar-refractivity contribution in [1.82, 2.24) is 5.32 Å². The molecule has 1 nitrogen and oxygen atoms in total. The molecule has 0 amide bonds. The number of nitrogens with one attached hydrogen (secondary N) is 1. The van der Waals surface area contributed by atoms with E-state index in [1.807, 2.05) is 0 Å². The monoisotopic (exact) mass is 239 g/mol. The number of rotatable bonds is 1. The summed E-state index contributed by atoms with van der Waals surface area (Å²) in [5.74, 6) is 1.43. The van der Waals surface area contributed by atoms with Crippen molar-refractivity contribution in [3.05, 3.63) is 34.3 Å². The normalized spacial score (nSPS) is 27.8. The minimum atomic E-state index is 0.676. The largest absolute Gasteiger partial charge is 0.316 e. The molecule has 1 aromatic carbocycles. The van der Waals surface area contributed by atoms with Crippen molar-refractivity contribution in [2.45, 2.75) is 12.8 Å². The molecule has 1 aromatic rings. The summed E-state index contributed by atoms with van der Waals surface area (Å²) in [5.41, 5.74) is 1.44. The van der Waals surface area contributed by atoms with Crippen molar-refractivity contribution in [2.24, 2.45) is 5.92 Å². The van der Waals surface area contributed by atoms with Crippen LogP contribution in [0.5, 0.6) is 0 Å². The fourth-order valence-electron chi connectivity index (χ4n) is 2.00.